The molecular formula is C41H56N4O5. The number of amides is 3. The summed E-state index contributed by atoms with van der Waals surface area (Å²) in [7, 11) is 0. The fourth-order valence-electron chi connectivity index (χ4n) is 8.90. The number of benzene rings is 2. The van der Waals surface area contributed by atoms with Crippen LogP contribution in [0.3, 0.4) is 0 Å². The van der Waals surface area contributed by atoms with Crippen LogP contribution in [0.5, 0.6) is 0 Å². The molecule has 0 aromatic heterocycles. The SMILES string of the molecule is C=CCN(Cc1ccccc1)C(=O)[C@@H]1[C@H]2C(=O)N([C@@H](CO)[C@@H](C)CC)C(C(=O)N(CC=C)c3ccc(N(CC)CC)cc3)C23CC[C@@]1(CC)O3. The lowest BCUT2D eigenvalue weighted by Gasteiger charge is -2.41. The minimum absolute atomic E-state index is 0.0995. The van der Waals surface area contributed by atoms with Gasteiger partial charge in [-0.2, -0.15) is 0 Å². The summed E-state index contributed by atoms with van der Waals surface area (Å²) in [5.41, 5.74) is 0.606. The van der Waals surface area contributed by atoms with Gasteiger partial charge in [-0.3, -0.25) is 14.4 Å². The summed E-state index contributed by atoms with van der Waals surface area (Å²) in [5.74, 6) is -2.49. The Morgan fingerprint density at radius 2 is 1.60 bits per heavy atom. The molecule has 2 aromatic carbocycles. The van der Waals surface area contributed by atoms with Gasteiger partial charge in [0.05, 0.1) is 30.1 Å². The molecule has 9 heteroatoms. The molecule has 0 radical (unpaired) electrons. The minimum Gasteiger partial charge on any atom is -0.394 e. The molecule has 1 N–H and O–H groups in total. The number of rotatable bonds is 17. The van der Waals surface area contributed by atoms with Crippen molar-refractivity contribution in [1.29, 1.82) is 0 Å². The highest BCUT2D eigenvalue weighted by Gasteiger charge is 2.79. The lowest BCUT2D eigenvalue weighted by atomic mass is 9.64. The molecule has 2 bridgehead atoms. The molecule has 3 heterocycles. The van der Waals surface area contributed by atoms with E-state index in [0.29, 0.717) is 44.5 Å². The van der Waals surface area contributed by atoms with E-state index < -0.39 is 35.1 Å². The number of aliphatic hydroxyl groups excluding tert-OH is 1. The highest BCUT2D eigenvalue weighted by atomic mass is 16.5. The van der Waals surface area contributed by atoms with Crippen LogP contribution in [0.2, 0.25) is 0 Å². The summed E-state index contributed by atoms with van der Waals surface area (Å²) in [6.07, 6.45) is 5.65. The third kappa shape index (κ3) is 6.28. The van der Waals surface area contributed by atoms with Gasteiger partial charge in [-0.15, -0.1) is 13.2 Å². The second-order valence-corrected chi connectivity index (χ2v) is 14.1. The van der Waals surface area contributed by atoms with Crippen molar-refractivity contribution >= 4 is 29.1 Å². The largest absolute Gasteiger partial charge is 0.394 e. The van der Waals surface area contributed by atoms with E-state index in [0.717, 1.165) is 24.3 Å². The molecule has 50 heavy (non-hydrogen) atoms. The van der Waals surface area contributed by atoms with E-state index in [4.69, 9.17) is 4.74 Å². The number of anilines is 2. The Balaban J connectivity index is 1.62. The van der Waals surface area contributed by atoms with E-state index >= 15 is 9.59 Å². The molecule has 3 aliphatic rings. The number of likely N-dealkylation sites (tertiary alicyclic amines) is 1. The van der Waals surface area contributed by atoms with Crippen molar-refractivity contribution < 1.29 is 24.2 Å². The molecule has 0 aliphatic carbocycles. The first-order chi connectivity index (χ1) is 24.1. The van der Waals surface area contributed by atoms with Crippen LogP contribution in [-0.2, 0) is 25.7 Å². The average Bonchev–Trinajstić information content (AvgIpc) is 3.75. The maximum atomic E-state index is 15.2. The zero-order chi connectivity index (χ0) is 36.2. The number of hydrogen-bond acceptors (Lipinski definition) is 6. The monoisotopic (exact) mass is 684 g/mol. The van der Waals surface area contributed by atoms with Crippen molar-refractivity contribution in [2.75, 3.05) is 42.6 Å². The topological polar surface area (TPSA) is 93.6 Å². The average molecular weight is 685 g/mol. The number of ether oxygens (including phenoxy) is 1. The van der Waals surface area contributed by atoms with Gasteiger partial charge >= 0.3 is 0 Å². The van der Waals surface area contributed by atoms with Crippen molar-refractivity contribution in [3.8, 4) is 0 Å². The third-order valence-corrected chi connectivity index (χ3v) is 11.7. The van der Waals surface area contributed by atoms with Gasteiger partial charge in [-0.25, -0.2) is 0 Å². The Labute approximate surface area is 298 Å². The molecule has 3 saturated heterocycles. The maximum absolute atomic E-state index is 15.2. The van der Waals surface area contributed by atoms with Gasteiger partial charge in [-0.1, -0.05) is 69.7 Å². The maximum Gasteiger partial charge on any atom is 0.253 e. The second-order valence-electron chi connectivity index (χ2n) is 14.1. The smallest absolute Gasteiger partial charge is 0.253 e. The van der Waals surface area contributed by atoms with E-state index in [1.807, 2.05) is 75.4 Å². The van der Waals surface area contributed by atoms with Crippen LogP contribution in [0, 0.1) is 17.8 Å². The molecule has 0 saturated carbocycles. The van der Waals surface area contributed by atoms with Crippen LogP contribution in [0.25, 0.3) is 0 Å². The van der Waals surface area contributed by atoms with Crippen LogP contribution >= 0.6 is 0 Å². The van der Waals surface area contributed by atoms with Crippen LogP contribution in [0.1, 0.15) is 65.9 Å². The Bertz CT molecular complexity index is 1530. The number of carbonyl (C=O) groups excluding carboxylic acids is 3. The van der Waals surface area contributed by atoms with Gasteiger partial charge in [0.25, 0.3) is 5.91 Å². The number of carbonyl (C=O) groups is 3. The zero-order valence-electron chi connectivity index (χ0n) is 30.6. The fourth-order valence-corrected chi connectivity index (χ4v) is 8.90. The Kier molecular flexibility index (Phi) is 11.6. The molecule has 9 nitrogen and oxygen atoms in total. The predicted molar refractivity (Wildman–Crippen MR) is 199 cm³/mol. The Morgan fingerprint density at radius 3 is 2.16 bits per heavy atom. The van der Waals surface area contributed by atoms with Crippen molar-refractivity contribution in [2.45, 2.75) is 90.1 Å². The van der Waals surface area contributed by atoms with Crippen molar-refractivity contribution in [3.63, 3.8) is 0 Å². The van der Waals surface area contributed by atoms with Gasteiger partial charge < -0.3 is 29.4 Å². The molecule has 3 fully saturated rings. The molecule has 3 amide bonds. The molecule has 2 aromatic rings. The standard InChI is InChI=1S/C41H56N4O5/c1-8-25-43(27-30-17-15-14-16-18-30)37(47)34-35-38(48)45(33(28-46)29(7)10-3)36(41(35)24-23-40(34,11-4)50-41)39(49)44(26-9-2)32-21-19-31(20-22-32)42(12-5)13-6/h8-9,14-22,29,33-36,46H,1-2,10-13,23-28H2,3-7H3/t29-,33-,34-,35-,36?,40+,41?/m0/s1. The number of hydrogen-bond donors (Lipinski definition) is 1. The van der Waals surface area contributed by atoms with E-state index in [1.165, 1.54) is 0 Å². The fraction of sp³-hybridized carbons (Fsp3) is 0.537. The number of fused-ring (bicyclic) bond motifs is 1. The van der Waals surface area contributed by atoms with Crippen LogP contribution < -0.4 is 9.80 Å². The van der Waals surface area contributed by atoms with Crippen molar-refractivity contribution in [1.82, 2.24) is 9.80 Å². The van der Waals surface area contributed by atoms with E-state index in [2.05, 4.69) is 31.9 Å². The first-order valence-electron chi connectivity index (χ1n) is 18.5. The van der Waals surface area contributed by atoms with Crippen LogP contribution in [-0.4, -0.2) is 88.7 Å². The summed E-state index contributed by atoms with van der Waals surface area (Å²) < 4.78 is 7.12. The zero-order valence-corrected chi connectivity index (χ0v) is 30.6. The molecular weight excluding hydrogens is 628 g/mol. The van der Waals surface area contributed by atoms with Gasteiger partial charge in [0.15, 0.2) is 0 Å². The van der Waals surface area contributed by atoms with Gasteiger partial charge in [0.2, 0.25) is 11.8 Å². The highest BCUT2D eigenvalue weighted by molar-refractivity contribution is 6.05. The number of nitrogens with zero attached hydrogens (tertiary/aromatic N) is 4. The molecule has 2 unspecified atom stereocenters. The molecule has 3 aliphatic heterocycles. The van der Waals surface area contributed by atoms with Crippen molar-refractivity contribution in [2.24, 2.45) is 17.8 Å². The van der Waals surface area contributed by atoms with E-state index in [9.17, 15) is 9.90 Å². The number of aliphatic hydroxyl groups is 1. The van der Waals surface area contributed by atoms with Crippen LogP contribution in [0.4, 0.5) is 11.4 Å². The lowest BCUT2D eigenvalue weighted by Crippen LogP contribution is -2.60. The molecule has 7 atom stereocenters. The minimum atomic E-state index is -1.22. The quantitative estimate of drug-likeness (QED) is 0.211. The van der Waals surface area contributed by atoms with Crippen molar-refractivity contribution in [3.05, 3.63) is 85.5 Å². The third-order valence-electron chi connectivity index (χ3n) is 11.7. The van der Waals surface area contributed by atoms with E-state index in [1.54, 1.807) is 26.9 Å². The molecule has 270 valence electrons. The second kappa shape index (κ2) is 15.5. The highest BCUT2D eigenvalue weighted by Crippen LogP contribution is 2.65. The molecule has 5 rings (SSSR count). The van der Waals surface area contributed by atoms with Gasteiger partial charge in [0, 0.05) is 44.1 Å². The van der Waals surface area contributed by atoms with Gasteiger partial charge in [-0.05, 0) is 68.9 Å². The predicted octanol–water partition coefficient (Wildman–Crippen LogP) is 5.83. The Morgan fingerprint density at radius 1 is 0.960 bits per heavy atom. The summed E-state index contributed by atoms with van der Waals surface area (Å²) >= 11 is 0. The summed E-state index contributed by atoms with van der Waals surface area (Å²) in [4.78, 5) is 52.4. The first kappa shape index (κ1) is 37.3. The lowest BCUT2D eigenvalue weighted by molar-refractivity contribution is -0.154. The van der Waals surface area contributed by atoms with Crippen LogP contribution in [0.15, 0.2) is 79.9 Å². The normalized spacial score (nSPS) is 26.3. The Hall–Kier alpha value is -3.95. The first-order valence-corrected chi connectivity index (χ1v) is 18.5. The summed E-state index contributed by atoms with van der Waals surface area (Å²) in [5, 5.41) is 10.9. The summed E-state index contributed by atoms with van der Waals surface area (Å²) in [6, 6.07) is 16.0. The summed E-state index contributed by atoms with van der Waals surface area (Å²) in [6.45, 7) is 20.4. The van der Waals surface area contributed by atoms with E-state index in [-0.39, 0.29) is 36.8 Å². The molecule has 1 spiro atoms. The van der Waals surface area contributed by atoms with Gasteiger partial charge in [0.1, 0.15) is 11.6 Å².